The standard InChI is InChI=1S/C19H22N4O4S2/c1-12-10-14-11-15(4-5-16(14)23(12)18(25)13-2-3-13)29(26,27)21-7-6-17(24)22-19-20-8-9-28-19/h4-5,8-9,11-13,21H,2-3,6-7,10H2,1H3,(H,20,22,24)/t12-/m0/s1. The van der Waals surface area contributed by atoms with E-state index in [1.165, 1.54) is 17.4 Å². The molecule has 2 aliphatic rings. The first-order valence-electron chi connectivity index (χ1n) is 9.50. The van der Waals surface area contributed by atoms with Crippen LogP contribution in [0.3, 0.4) is 0 Å². The molecule has 0 spiro atoms. The van der Waals surface area contributed by atoms with E-state index in [2.05, 4.69) is 15.0 Å². The molecule has 1 fully saturated rings. The summed E-state index contributed by atoms with van der Waals surface area (Å²) in [6.45, 7) is 1.97. The number of hydrogen-bond donors (Lipinski definition) is 2. The van der Waals surface area contributed by atoms with Crippen LogP contribution in [0.25, 0.3) is 0 Å². The van der Waals surface area contributed by atoms with Crippen LogP contribution in [0.2, 0.25) is 0 Å². The Kier molecular flexibility index (Phi) is 5.41. The van der Waals surface area contributed by atoms with E-state index in [0.717, 1.165) is 24.1 Å². The second-order valence-corrected chi connectivity index (χ2v) is 10.0. The normalized spacial score (nSPS) is 18.5. The molecule has 1 saturated carbocycles. The van der Waals surface area contributed by atoms with Crippen LogP contribution < -0.4 is 14.9 Å². The van der Waals surface area contributed by atoms with E-state index in [-0.39, 0.29) is 41.6 Å². The van der Waals surface area contributed by atoms with Crippen LogP contribution in [0.15, 0.2) is 34.7 Å². The van der Waals surface area contributed by atoms with Crippen LogP contribution in [0, 0.1) is 5.92 Å². The Hall–Kier alpha value is -2.30. The Morgan fingerprint density at radius 3 is 2.79 bits per heavy atom. The first-order valence-corrected chi connectivity index (χ1v) is 11.9. The zero-order chi connectivity index (χ0) is 20.6. The van der Waals surface area contributed by atoms with Crippen molar-refractivity contribution < 1.29 is 18.0 Å². The maximum Gasteiger partial charge on any atom is 0.240 e. The smallest absolute Gasteiger partial charge is 0.240 e. The van der Waals surface area contributed by atoms with Gasteiger partial charge < -0.3 is 10.2 Å². The molecule has 1 aliphatic heterocycles. The largest absolute Gasteiger partial charge is 0.309 e. The van der Waals surface area contributed by atoms with E-state index in [9.17, 15) is 18.0 Å². The van der Waals surface area contributed by atoms with Crippen molar-refractivity contribution in [1.29, 1.82) is 0 Å². The third-order valence-corrected chi connectivity index (χ3v) is 7.21. The van der Waals surface area contributed by atoms with Crippen LogP contribution in [0.1, 0.15) is 31.7 Å². The molecule has 2 aromatic rings. The zero-order valence-electron chi connectivity index (χ0n) is 15.9. The molecule has 8 nitrogen and oxygen atoms in total. The molecule has 4 rings (SSSR count). The average Bonchev–Trinajstić information content (AvgIpc) is 3.30. The van der Waals surface area contributed by atoms with E-state index in [4.69, 9.17) is 0 Å². The zero-order valence-corrected chi connectivity index (χ0v) is 17.6. The molecule has 2 amide bonds. The van der Waals surface area contributed by atoms with Gasteiger partial charge >= 0.3 is 0 Å². The summed E-state index contributed by atoms with van der Waals surface area (Å²) in [6, 6.07) is 4.88. The third-order valence-electron chi connectivity index (χ3n) is 5.06. The number of carbonyl (C=O) groups excluding carboxylic acids is 2. The molecule has 0 bridgehead atoms. The summed E-state index contributed by atoms with van der Waals surface area (Å²) in [5.74, 6) is -0.0557. The Labute approximate surface area is 173 Å². The summed E-state index contributed by atoms with van der Waals surface area (Å²) in [7, 11) is -3.75. The van der Waals surface area contributed by atoms with E-state index in [1.54, 1.807) is 28.6 Å². The van der Waals surface area contributed by atoms with Crippen molar-refractivity contribution in [2.24, 2.45) is 5.92 Å². The molecule has 154 valence electrons. The number of aromatic nitrogens is 1. The average molecular weight is 435 g/mol. The fraction of sp³-hybridized carbons (Fsp3) is 0.421. The van der Waals surface area contributed by atoms with Gasteiger partial charge in [0, 0.05) is 42.2 Å². The summed E-state index contributed by atoms with van der Waals surface area (Å²) in [5, 5.41) is 4.84. The van der Waals surface area contributed by atoms with Crippen LogP contribution in [-0.2, 0) is 26.0 Å². The SMILES string of the molecule is C[C@H]1Cc2cc(S(=O)(=O)NCCC(=O)Nc3nccs3)ccc2N1C(=O)C1CC1. The molecule has 2 heterocycles. The molecule has 0 unspecified atom stereocenters. The number of sulfonamides is 1. The maximum atomic E-state index is 12.6. The molecule has 29 heavy (non-hydrogen) atoms. The van der Waals surface area contributed by atoms with Crippen LogP contribution in [-0.4, -0.2) is 37.8 Å². The first kappa shape index (κ1) is 20.0. The van der Waals surface area contributed by atoms with Crippen molar-refractivity contribution in [2.45, 2.75) is 43.5 Å². The molecule has 2 N–H and O–H groups in total. The molecule has 1 aromatic carbocycles. The minimum Gasteiger partial charge on any atom is -0.309 e. The summed E-state index contributed by atoms with van der Waals surface area (Å²) in [6.07, 6.45) is 4.09. The number of benzene rings is 1. The minimum atomic E-state index is -3.75. The van der Waals surface area contributed by atoms with Crippen molar-refractivity contribution in [3.05, 3.63) is 35.3 Å². The van der Waals surface area contributed by atoms with Crippen LogP contribution >= 0.6 is 11.3 Å². The van der Waals surface area contributed by atoms with Gasteiger partial charge in [0.25, 0.3) is 0 Å². The molecule has 0 saturated heterocycles. The predicted octanol–water partition coefficient (Wildman–Crippen LogP) is 2.14. The number of hydrogen-bond acceptors (Lipinski definition) is 6. The van der Waals surface area contributed by atoms with E-state index in [1.807, 2.05) is 6.92 Å². The summed E-state index contributed by atoms with van der Waals surface area (Å²) < 4.78 is 27.7. The Balaban J connectivity index is 1.39. The third kappa shape index (κ3) is 4.34. The first-order chi connectivity index (χ1) is 13.8. The maximum absolute atomic E-state index is 12.6. The van der Waals surface area contributed by atoms with Crippen molar-refractivity contribution in [2.75, 3.05) is 16.8 Å². The van der Waals surface area contributed by atoms with Gasteiger partial charge in [0.15, 0.2) is 5.13 Å². The van der Waals surface area contributed by atoms with Crippen molar-refractivity contribution in [1.82, 2.24) is 9.71 Å². The number of rotatable bonds is 7. The van der Waals surface area contributed by atoms with Crippen LogP contribution in [0.4, 0.5) is 10.8 Å². The highest BCUT2D eigenvalue weighted by molar-refractivity contribution is 7.89. The monoisotopic (exact) mass is 434 g/mol. The quantitative estimate of drug-likeness (QED) is 0.694. The van der Waals surface area contributed by atoms with Crippen molar-refractivity contribution >= 4 is 44.0 Å². The lowest BCUT2D eigenvalue weighted by atomic mass is 10.1. The van der Waals surface area contributed by atoms with Crippen molar-refractivity contribution in [3.8, 4) is 0 Å². The highest BCUT2D eigenvalue weighted by Gasteiger charge is 2.39. The Morgan fingerprint density at radius 1 is 1.31 bits per heavy atom. The number of carbonyl (C=O) groups is 2. The van der Waals surface area contributed by atoms with Gasteiger partial charge in [-0.1, -0.05) is 0 Å². The number of fused-ring (bicyclic) bond motifs is 1. The molecule has 0 radical (unpaired) electrons. The number of anilines is 2. The second-order valence-electron chi connectivity index (χ2n) is 7.36. The van der Waals surface area contributed by atoms with Gasteiger partial charge in [-0.05, 0) is 49.9 Å². The molecule has 1 atom stereocenters. The van der Waals surface area contributed by atoms with Gasteiger partial charge in [0.05, 0.1) is 4.90 Å². The number of nitrogens with zero attached hydrogens (tertiary/aromatic N) is 2. The Morgan fingerprint density at radius 2 is 2.10 bits per heavy atom. The van der Waals surface area contributed by atoms with Gasteiger partial charge in [-0.15, -0.1) is 11.3 Å². The lowest BCUT2D eigenvalue weighted by Crippen LogP contribution is -2.36. The number of thiazole rings is 1. The van der Waals surface area contributed by atoms with Gasteiger partial charge in [0.2, 0.25) is 21.8 Å². The number of amides is 2. The predicted molar refractivity (Wildman–Crippen MR) is 110 cm³/mol. The number of nitrogens with one attached hydrogen (secondary N) is 2. The van der Waals surface area contributed by atoms with Gasteiger partial charge in [-0.25, -0.2) is 18.1 Å². The summed E-state index contributed by atoms with van der Waals surface area (Å²) in [5.41, 5.74) is 1.66. The highest BCUT2D eigenvalue weighted by Crippen LogP contribution is 2.39. The lowest BCUT2D eigenvalue weighted by molar-refractivity contribution is -0.120. The molecule has 1 aromatic heterocycles. The highest BCUT2D eigenvalue weighted by atomic mass is 32.2. The lowest BCUT2D eigenvalue weighted by Gasteiger charge is -2.22. The fourth-order valence-electron chi connectivity index (χ4n) is 3.49. The van der Waals surface area contributed by atoms with Crippen LogP contribution in [0.5, 0.6) is 0 Å². The molecule has 1 aliphatic carbocycles. The van der Waals surface area contributed by atoms with Gasteiger partial charge in [0.1, 0.15) is 0 Å². The van der Waals surface area contributed by atoms with E-state index < -0.39 is 10.0 Å². The van der Waals surface area contributed by atoms with E-state index in [0.29, 0.717) is 11.6 Å². The summed E-state index contributed by atoms with van der Waals surface area (Å²) >= 11 is 1.30. The molecule has 10 heteroatoms. The summed E-state index contributed by atoms with van der Waals surface area (Å²) in [4.78, 5) is 30.3. The molecular weight excluding hydrogens is 412 g/mol. The van der Waals surface area contributed by atoms with Crippen molar-refractivity contribution in [3.63, 3.8) is 0 Å². The second kappa shape index (κ2) is 7.85. The molecular formula is C19H22N4O4S2. The fourth-order valence-corrected chi connectivity index (χ4v) is 5.11. The van der Waals surface area contributed by atoms with Gasteiger partial charge in [-0.2, -0.15) is 0 Å². The Bertz CT molecular complexity index is 1030. The topological polar surface area (TPSA) is 108 Å². The minimum absolute atomic E-state index is 0.00442. The van der Waals surface area contributed by atoms with E-state index >= 15 is 0 Å². The van der Waals surface area contributed by atoms with Gasteiger partial charge in [-0.3, -0.25) is 9.59 Å².